The lowest BCUT2D eigenvalue weighted by molar-refractivity contribution is 0.112. The van der Waals surface area contributed by atoms with E-state index in [1.165, 1.54) is 11.1 Å². The van der Waals surface area contributed by atoms with Crippen molar-refractivity contribution >= 4 is 17.9 Å². The highest BCUT2D eigenvalue weighted by Gasteiger charge is 2.21. The van der Waals surface area contributed by atoms with Crippen LogP contribution < -0.4 is 0 Å². The molecule has 2 rings (SSSR count). The SMILES string of the molecule is Cc1c(Cl)c2c(c(C)c1C=O)CCC2. The molecule has 14 heavy (non-hydrogen) atoms. The van der Waals surface area contributed by atoms with Crippen LogP contribution in [0.15, 0.2) is 0 Å². The zero-order valence-electron chi connectivity index (χ0n) is 8.48. The summed E-state index contributed by atoms with van der Waals surface area (Å²) in [5, 5.41) is 0.810. The highest BCUT2D eigenvalue weighted by atomic mass is 35.5. The monoisotopic (exact) mass is 208 g/mol. The fourth-order valence-corrected chi connectivity index (χ4v) is 2.68. The molecule has 1 nitrogen and oxygen atoms in total. The number of benzene rings is 1. The molecule has 1 aromatic rings. The van der Waals surface area contributed by atoms with Gasteiger partial charge in [-0.2, -0.15) is 0 Å². The molecule has 0 atom stereocenters. The molecule has 0 saturated carbocycles. The quantitative estimate of drug-likeness (QED) is 0.648. The van der Waals surface area contributed by atoms with Crippen LogP contribution in [0.1, 0.15) is 39.0 Å². The Hall–Kier alpha value is -0.820. The number of aldehydes is 1. The Balaban J connectivity index is 2.79. The van der Waals surface area contributed by atoms with Gasteiger partial charge in [-0.25, -0.2) is 0 Å². The minimum absolute atomic E-state index is 0.788. The zero-order chi connectivity index (χ0) is 10.3. The van der Waals surface area contributed by atoms with Gasteiger partial charge in [-0.1, -0.05) is 11.6 Å². The van der Waals surface area contributed by atoms with Gasteiger partial charge in [-0.15, -0.1) is 0 Å². The van der Waals surface area contributed by atoms with Gasteiger partial charge in [0.15, 0.2) is 6.29 Å². The van der Waals surface area contributed by atoms with E-state index in [1.54, 1.807) is 0 Å². The van der Waals surface area contributed by atoms with Gasteiger partial charge in [0, 0.05) is 10.6 Å². The Morgan fingerprint density at radius 2 is 1.79 bits per heavy atom. The van der Waals surface area contributed by atoms with E-state index in [1.807, 2.05) is 13.8 Å². The van der Waals surface area contributed by atoms with E-state index in [0.717, 1.165) is 47.3 Å². The molecule has 0 aromatic heterocycles. The number of hydrogen-bond acceptors (Lipinski definition) is 1. The average molecular weight is 209 g/mol. The summed E-state index contributed by atoms with van der Waals surface area (Å²) in [7, 11) is 0. The standard InChI is InChI=1S/C12H13ClO/c1-7-9-4-3-5-10(9)12(13)8(2)11(7)6-14/h6H,3-5H2,1-2H3. The van der Waals surface area contributed by atoms with E-state index >= 15 is 0 Å². The minimum atomic E-state index is 0.788. The van der Waals surface area contributed by atoms with Crippen molar-refractivity contribution < 1.29 is 4.79 Å². The normalized spacial score (nSPS) is 14.2. The first-order valence-electron chi connectivity index (χ1n) is 4.92. The average Bonchev–Trinajstić information content (AvgIpc) is 2.64. The number of halogens is 1. The second-order valence-corrected chi connectivity index (χ2v) is 4.28. The molecule has 0 radical (unpaired) electrons. The topological polar surface area (TPSA) is 17.1 Å². The van der Waals surface area contributed by atoms with Crippen LogP contribution in [0.3, 0.4) is 0 Å². The molecule has 2 heteroatoms. The smallest absolute Gasteiger partial charge is 0.150 e. The Kier molecular flexibility index (Phi) is 2.36. The maximum atomic E-state index is 10.9. The van der Waals surface area contributed by atoms with E-state index < -0.39 is 0 Å². The highest BCUT2D eigenvalue weighted by Crippen LogP contribution is 2.35. The molecule has 74 valence electrons. The van der Waals surface area contributed by atoms with Crippen LogP contribution in [0, 0.1) is 13.8 Å². The van der Waals surface area contributed by atoms with Crippen LogP contribution in [0.5, 0.6) is 0 Å². The van der Waals surface area contributed by atoms with Crippen LogP contribution in [-0.4, -0.2) is 6.29 Å². The van der Waals surface area contributed by atoms with Gasteiger partial charge in [0.1, 0.15) is 0 Å². The van der Waals surface area contributed by atoms with Crippen LogP contribution in [0.2, 0.25) is 5.02 Å². The molecule has 0 N–H and O–H groups in total. The van der Waals surface area contributed by atoms with Gasteiger partial charge in [-0.05, 0) is 55.4 Å². The van der Waals surface area contributed by atoms with Gasteiger partial charge in [0.05, 0.1) is 0 Å². The minimum Gasteiger partial charge on any atom is -0.298 e. The van der Waals surface area contributed by atoms with Crippen LogP contribution in [0.4, 0.5) is 0 Å². The van der Waals surface area contributed by atoms with E-state index in [9.17, 15) is 4.79 Å². The molecule has 1 aliphatic carbocycles. The van der Waals surface area contributed by atoms with E-state index in [0.29, 0.717) is 0 Å². The number of carbonyl (C=O) groups is 1. The van der Waals surface area contributed by atoms with E-state index in [2.05, 4.69) is 0 Å². The Morgan fingerprint density at radius 1 is 1.14 bits per heavy atom. The van der Waals surface area contributed by atoms with Gasteiger partial charge in [0.25, 0.3) is 0 Å². The van der Waals surface area contributed by atoms with E-state index in [4.69, 9.17) is 11.6 Å². The predicted molar refractivity (Wildman–Crippen MR) is 58.3 cm³/mol. The summed E-state index contributed by atoms with van der Waals surface area (Å²) >= 11 is 6.24. The second-order valence-electron chi connectivity index (χ2n) is 3.91. The molecule has 0 saturated heterocycles. The van der Waals surface area contributed by atoms with Crippen molar-refractivity contribution in [3.05, 3.63) is 32.8 Å². The van der Waals surface area contributed by atoms with E-state index in [-0.39, 0.29) is 0 Å². The molecular weight excluding hydrogens is 196 g/mol. The van der Waals surface area contributed by atoms with Crippen molar-refractivity contribution in [2.45, 2.75) is 33.1 Å². The summed E-state index contributed by atoms with van der Waals surface area (Å²) < 4.78 is 0. The summed E-state index contributed by atoms with van der Waals surface area (Å²) in [5.74, 6) is 0. The molecule has 0 bridgehead atoms. The maximum absolute atomic E-state index is 10.9. The van der Waals surface area contributed by atoms with Crippen LogP contribution >= 0.6 is 11.6 Å². The predicted octanol–water partition coefficient (Wildman–Crippen LogP) is 3.26. The second kappa shape index (κ2) is 3.39. The fourth-order valence-electron chi connectivity index (χ4n) is 2.36. The number of carbonyl (C=O) groups excluding carboxylic acids is 1. The van der Waals surface area contributed by atoms with Gasteiger partial charge >= 0.3 is 0 Å². The molecule has 0 amide bonds. The summed E-state index contributed by atoms with van der Waals surface area (Å²) in [4.78, 5) is 10.9. The van der Waals surface area contributed by atoms with Crippen molar-refractivity contribution in [3.63, 3.8) is 0 Å². The molecule has 0 aliphatic heterocycles. The number of hydrogen-bond donors (Lipinski definition) is 0. The lowest BCUT2D eigenvalue weighted by Gasteiger charge is -2.12. The Labute approximate surface area is 89.1 Å². The summed E-state index contributed by atoms with van der Waals surface area (Å²) in [6.45, 7) is 3.95. The Bertz CT molecular complexity index is 408. The first-order chi connectivity index (χ1) is 6.66. The Morgan fingerprint density at radius 3 is 2.43 bits per heavy atom. The summed E-state index contributed by atoms with van der Waals surface area (Å²) in [6.07, 6.45) is 4.23. The molecule has 1 aliphatic rings. The van der Waals surface area contributed by atoms with Gasteiger partial charge in [-0.3, -0.25) is 4.79 Å². The third-order valence-corrected chi connectivity index (χ3v) is 3.70. The molecule has 0 spiro atoms. The number of fused-ring (bicyclic) bond motifs is 1. The van der Waals surface area contributed by atoms with Crippen molar-refractivity contribution in [3.8, 4) is 0 Å². The third-order valence-electron chi connectivity index (χ3n) is 3.19. The van der Waals surface area contributed by atoms with Crippen molar-refractivity contribution in [1.82, 2.24) is 0 Å². The van der Waals surface area contributed by atoms with Crippen molar-refractivity contribution in [1.29, 1.82) is 0 Å². The highest BCUT2D eigenvalue weighted by molar-refractivity contribution is 6.32. The van der Waals surface area contributed by atoms with Crippen LogP contribution in [-0.2, 0) is 12.8 Å². The maximum Gasteiger partial charge on any atom is 0.150 e. The molecule has 1 aromatic carbocycles. The first-order valence-corrected chi connectivity index (χ1v) is 5.30. The van der Waals surface area contributed by atoms with Gasteiger partial charge < -0.3 is 0 Å². The largest absolute Gasteiger partial charge is 0.298 e. The lowest BCUT2D eigenvalue weighted by atomic mass is 9.95. The third kappa shape index (κ3) is 1.19. The fraction of sp³-hybridized carbons (Fsp3) is 0.417. The molecule has 0 fully saturated rings. The van der Waals surface area contributed by atoms with Gasteiger partial charge in [0.2, 0.25) is 0 Å². The van der Waals surface area contributed by atoms with Crippen molar-refractivity contribution in [2.75, 3.05) is 0 Å². The van der Waals surface area contributed by atoms with Crippen molar-refractivity contribution in [2.24, 2.45) is 0 Å². The molecule has 0 unspecified atom stereocenters. The summed E-state index contributed by atoms with van der Waals surface area (Å²) in [6, 6.07) is 0. The first kappa shape index (κ1) is 9.72. The molecular formula is C12H13ClO. The molecule has 0 heterocycles. The lowest BCUT2D eigenvalue weighted by Crippen LogP contribution is -1.99. The summed E-state index contributed by atoms with van der Waals surface area (Å²) in [5.41, 5.74) is 5.44. The zero-order valence-corrected chi connectivity index (χ0v) is 9.24. The number of rotatable bonds is 1. The van der Waals surface area contributed by atoms with Crippen LogP contribution in [0.25, 0.3) is 0 Å².